The van der Waals surface area contributed by atoms with Gasteiger partial charge in [0, 0.05) is 23.6 Å². The van der Waals surface area contributed by atoms with E-state index in [1.165, 1.54) is 18.2 Å². The number of aryl methyl sites for hydroxylation is 1. The van der Waals surface area contributed by atoms with Crippen LogP contribution in [-0.4, -0.2) is 28.0 Å². The molecule has 0 bridgehead atoms. The van der Waals surface area contributed by atoms with Gasteiger partial charge in [0.25, 0.3) is 5.91 Å². The van der Waals surface area contributed by atoms with Crippen molar-refractivity contribution in [1.82, 2.24) is 14.8 Å². The number of halogens is 1. The molecule has 5 nitrogen and oxygen atoms in total. The quantitative estimate of drug-likeness (QED) is 0.528. The van der Waals surface area contributed by atoms with Crippen molar-refractivity contribution >= 4 is 18.0 Å². The molecule has 3 amide bonds. The van der Waals surface area contributed by atoms with Crippen LogP contribution in [0.1, 0.15) is 17.0 Å². The molecule has 1 N–H and O–H groups in total. The number of nitrogens with one attached hydrogen (secondary N) is 1. The number of carbonyl (C=O) groups excluding carboxylic acids is 2. The number of hydrogen-bond donors (Lipinski definition) is 1. The maximum atomic E-state index is 13.5. The molecule has 0 saturated carbocycles. The third-order valence-electron chi connectivity index (χ3n) is 4.11. The molecule has 128 valence electrons. The molecule has 0 atom stereocenters. The van der Waals surface area contributed by atoms with Crippen LogP contribution in [0.4, 0.5) is 9.18 Å². The van der Waals surface area contributed by atoms with Gasteiger partial charge in [-0.25, -0.2) is 9.18 Å². The highest BCUT2D eigenvalue weighted by molar-refractivity contribution is 6.14. The zero-order chi connectivity index (χ0) is 18.1. The molecular weight excluding hydrogens is 321 g/mol. The summed E-state index contributed by atoms with van der Waals surface area (Å²) in [5.74, 6) is -0.705. The monoisotopic (exact) mass is 339 g/mol. The van der Waals surface area contributed by atoms with Crippen molar-refractivity contribution in [2.75, 3.05) is 6.54 Å². The number of nitrogens with zero attached hydrogens (tertiary/aromatic N) is 2. The van der Waals surface area contributed by atoms with Crippen molar-refractivity contribution in [3.63, 3.8) is 0 Å². The van der Waals surface area contributed by atoms with Gasteiger partial charge in [0.2, 0.25) is 0 Å². The summed E-state index contributed by atoms with van der Waals surface area (Å²) in [5.41, 5.74) is 3.45. The van der Waals surface area contributed by atoms with Crippen molar-refractivity contribution in [3.8, 4) is 5.69 Å². The zero-order valence-corrected chi connectivity index (χ0v) is 14.0. The molecule has 6 heteroatoms. The van der Waals surface area contributed by atoms with E-state index in [1.807, 2.05) is 30.5 Å². The molecule has 1 aromatic heterocycles. The van der Waals surface area contributed by atoms with Crippen molar-refractivity contribution in [2.45, 2.75) is 13.8 Å². The Morgan fingerprint density at radius 3 is 2.68 bits per heavy atom. The fourth-order valence-electron chi connectivity index (χ4n) is 2.97. The minimum atomic E-state index is -0.463. The molecule has 0 radical (unpaired) electrons. The van der Waals surface area contributed by atoms with Gasteiger partial charge in [-0.2, -0.15) is 0 Å². The Morgan fingerprint density at radius 1 is 1.24 bits per heavy atom. The number of amides is 3. The molecule has 0 unspecified atom stereocenters. The lowest BCUT2D eigenvalue weighted by Gasteiger charge is -2.09. The van der Waals surface area contributed by atoms with Gasteiger partial charge in [-0.1, -0.05) is 12.1 Å². The van der Waals surface area contributed by atoms with Crippen LogP contribution in [0.25, 0.3) is 11.8 Å². The van der Waals surface area contributed by atoms with Gasteiger partial charge >= 0.3 is 6.03 Å². The fraction of sp³-hybridized carbons (Fsp3) is 0.158. The van der Waals surface area contributed by atoms with Crippen molar-refractivity contribution in [2.24, 2.45) is 0 Å². The summed E-state index contributed by atoms with van der Waals surface area (Å²) in [4.78, 5) is 25.2. The van der Waals surface area contributed by atoms with Gasteiger partial charge in [-0.3, -0.25) is 9.69 Å². The van der Waals surface area contributed by atoms with E-state index in [1.54, 1.807) is 12.1 Å². The Balaban J connectivity index is 2.00. The fourth-order valence-corrected chi connectivity index (χ4v) is 2.97. The Labute approximate surface area is 145 Å². The number of urea groups is 1. The van der Waals surface area contributed by atoms with Crippen LogP contribution in [0.3, 0.4) is 0 Å². The van der Waals surface area contributed by atoms with Crippen LogP contribution in [0.15, 0.2) is 48.7 Å². The first-order valence-corrected chi connectivity index (χ1v) is 7.82. The van der Waals surface area contributed by atoms with Crippen molar-refractivity contribution < 1.29 is 14.0 Å². The molecule has 1 saturated heterocycles. The van der Waals surface area contributed by atoms with Crippen LogP contribution in [0.2, 0.25) is 0 Å². The average molecular weight is 339 g/mol. The van der Waals surface area contributed by atoms with E-state index in [4.69, 9.17) is 0 Å². The number of benzene rings is 1. The van der Waals surface area contributed by atoms with Gasteiger partial charge in [0.05, 0.1) is 0 Å². The second-order valence-electron chi connectivity index (χ2n) is 5.83. The smallest absolute Gasteiger partial charge is 0.318 e. The van der Waals surface area contributed by atoms with Gasteiger partial charge in [0.15, 0.2) is 0 Å². The second kappa shape index (κ2) is 6.39. The van der Waals surface area contributed by atoms with E-state index >= 15 is 0 Å². The van der Waals surface area contributed by atoms with Gasteiger partial charge in [0.1, 0.15) is 11.5 Å². The second-order valence-corrected chi connectivity index (χ2v) is 5.83. The first-order chi connectivity index (χ1) is 11.9. The topological polar surface area (TPSA) is 54.3 Å². The van der Waals surface area contributed by atoms with E-state index < -0.39 is 6.03 Å². The number of carbonyl (C=O) groups is 2. The lowest BCUT2D eigenvalue weighted by atomic mass is 10.2. The maximum absolute atomic E-state index is 13.5. The number of imide groups is 1. The summed E-state index contributed by atoms with van der Waals surface area (Å²) in [6.45, 7) is 7.49. The summed E-state index contributed by atoms with van der Waals surface area (Å²) >= 11 is 0. The maximum Gasteiger partial charge on any atom is 0.329 e. The predicted octanol–water partition coefficient (Wildman–Crippen LogP) is 3.31. The van der Waals surface area contributed by atoms with Crippen molar-refractivity contribution in [3.05, 3.63) is 71.5 Å². The van der Waals surface area contributed by atoms with Crippen LogP contribution < -0.4 is 5.32 Å². The standard InChI is InChI=1S/C19H18FN3O2/c1-4-8-22-18(24)17(21-19(22)25)10-14-9-12(2)23(13(14)3)16-7-5-6-15(20)11-16/h4-7,9-11H,1,8H2,2-3H3,(H,21,25)/b17-10+. The summed E-state index contributed by atoms with van der Waals surface area (Å²) in [6.07, 6.45) is 3.14. The molecule has 3 rings (SSSR count). The summed E-state index contributed by atoms with van der Waals surface area (Å²) in [6, 6.07) is 7.73. The summed E-state index contributed by atoms with van der Waals surface area (Å²) in [5, 5.41) is 2.57. The third kappa shape index (κ3) is 2.98. The Kier molecular flexibility index (Phi) is 4.27. The average Bonchev–Trinajstić information content (AvgIpc) is 2.98. The molecule has 0 spiro atoms. The largest absolute Gasteiger partial charge is 0.329 e. The highest BCUT2D eigenvalue weighted by atomic mass is 19.1. The number of aromatic nitrogens is 1. The Morgan fingerprint density at radius 2 is 2.00 bits per heavy atom. The van der Waals surface area contributed by atoms with Gasteiger partial charge < -0.3 is 9.88 Å². The highest BCUT2D eigenvalue weighted by Gasteiger charge is 2.32. The molecule has 1 aliphatic heterocycles. The molecule has 1 aromatic carbocycles. The third-order valence-corrected chi connectivity index (χ3v) is 4.11. The normalized spacial score (nSPS) is 15.8. The van der Waals surface area contributed by atoms with Crippen LogP contribution in [-0.2, 0) is 4.79 Å². The Hall–Kier alpha value is -3.15. The lowest BCUT2D eigenvalue weighted by molar-refractivity contribution is -0.122. The van der Waals surface area contributed by atoms with Crippen LogP contribution >= 0.6 is 0 Å². The zero-order valence-electron chi connectivity index (χ0n) is 14.0. The van der Waals surface area contributed by atoms with E-state index in [9.17, 15) is 14.0 Å². The number of hydrogen-bond acceptors (Lipinski definition) is 2. The molecule has 25 heavy (non-hydrogen) atoms. The van der Waals surface area contributed by atoms with Gasteiger partial charge in [-0.05, 0) is 49.8 Å². The number of rotatable bonds is 4. The van der Waals surface area contributed by atoms with Crippen LogP contribution in [0.5, 0.6) is 0 Å². The minimum absolute atomic E-state index is 0.157. The lowest BCUT2D eigenvalue weighted by Crippen LogP contribution is -2.30. The van der Waals surface area contributed by atoms with Crippen molar-refractivity contribution in [1.29, 1.82) is 0 Å². The molecule has 1 fully saturated rings. The first-order valence-electron chi connectivity index (χ1n) is 7.82. The SMILES string of the molecule is C=CCN1C(=O)N/C(=C/c2cc(C)n(-c3cccc(F)c3)c2C)C1=O. The molecule has 2 heterocycles. The van der Waals surface area contributed by atoms with E-state index in [-0.39, 0.29) is 24.0 Å². The highest BCUT2D eigenvalue weighted by Crippen LogP contribution is 2.24. The van der Waals surface area contributed by atoms with Gasteiger partial charge in [-0.15, -0.1) is 6.58 Å². The first kappa shape index (κ1) is 16.7. The van der Waals surface area contributed by atoms with E-state index in [0.29, 0.717) is 5.69 Å². The van der Waals surface area contributed by atoms with E-state index in [2.05, 4.69) is 11.9 Å². The minimum Gasteiger partial charge on any atom is -0.318 e. The summed E-state index contributed by atoms with van der Waals surface area (Å²) < 4.78 is 15.4. The molecule has 1 aliphatic rings. The molecule has 2 aromatic rings. The summed E-state index contributed by atoms with van der Waals surface area (Å²) in [7, 11) is 0. The predicted molar refractivity (Wildman–Crippen MR) is 93.6 cm³/mol. The van der Waals surface area contributed by atoms with Crippen LogP contribution in [0, 0.1) is 19.7 Å². The van der Waals surface area contributed by atoms with E-state index in [0.717, 1.165) is 21.9 Å². The molecule has 0 aliphatic carbocycles. The Bertz CT molecular complexity index is 911. The molecular formula is C19H18FN3O2.